The third-order valence-corrected chi connectivity index (χ3v) is 6.54. The van der Waals surface area contributed by atoms with Gasteiger partial charge in [0, 0.05) is 56.4 Å². The van der Waals surface area contributed by atoms with E-state index in [9.17, 15) is 24.3 Å². The molecule has 4 rings (SSSR count). The molecule has 1 saturated carbocycles. The minimum Gasteiger partial charge on any atom is -0.477 e. The monoisotopic (exact) mass is 474 g/mol. The molecule has 2 aromatic rings. The van der Waals surface area contributed by atoms with Crippen molar-refractivity contribution in [2.45, 2.75) is 39.7 Å². The molecule has 2 atom stereocenters. The molecule has 2 aliphatic rings. The average Bonchev–Trinajstić information content (AvgIpc) is 3.52. The predicted molar refractivity (Wildman–Crippen MR) is 121 cm³/mol. The topological polar surface area (TPSA) is 115 Å². The average molecular weight is 474 g/mol. The first-order chi connectivity index (χ1) is 16.1. The molecule has 1 saturated heterocycles. The van der Waals surface area contributed by atoms with Gasteiger partial charge in [-0.2, -0.15) is 0 Å². The van der Waals surface area contributed by atoms with E-state index >= 15 is 4.39 Å². The minimum atomic E-state index is -1.34. The molecule has 0 unspecified atom stereocenters. The zero-order valence-corrected chi connectivity index (χ0v) is 19.3. The summed E-state index contributed by atoms with van der Waals surface area (Å²) in [5, 5.41) is 9.51. The Bertz CT molecular complexity index is 1210. The van der Waals surface area contributed by atoms with Crippen molar-refractivity contribution in [3.05, 3.63) is 39.4 Å². The maximum atomic E-state index is 15.5. The molecule has 0 radical (unpaired) electrons. The van der Waals surface area contributed by atoms with Crippen LogP contribution >= 0.6 is 0 Å². The van der Waals surface area contributed by atoms with Gasteiger partial charge in [-0.1, -0.05) is 0 Å². The summed E-state index contributed by atoms with van der Waals surface area (Å²) in [6.45, 7) is 5.29. The fraction of sp³-hybridized carbons (Fsp3) is 0.500. The number of carboxylic acids is 1. The Hall–Kier alpha value is -3.43. The number of nitrogens with zero attached hydrogens (tertiary/aromatic N) is 2. The molecule has 1 N–H and O–H groups in total. The van der Waals surface area contributed by atoms with Crippen LogP contribution in [0.2, 0.25) is 0 Å². The second-order valence-electron chi connectivity index (χ2n) is 9.07. The van der Waals surface area contributed by atoms with Crippen LogP contribution in [-0.2, 0) is 19.1 Å². The zero-order valence-electron chi connectivity index (χ0n) is 19.3. The standard InChI is InChI=1S/C24H27FN2O7/c1-12-21-18(23(30)19(24(31)32)9-27(21)17-4-5-17)6-20(25)22(12)26-7-15(10-33-13(2)28)16(8-26)11-34-14(3)29/h6,9,15-17H,4-5,7-8,10-11H2,1-3H3,(H,31,32)/t15-,16+. The van der Waals surface area contributed by atoms with Gasteiger partial charge in [0.15, 0.2) is 0 Å². The number of hydrogen-bond donors (Lipinski definition) is 1. The van der Waals surface area contributed by atoms with E-state index < -0.39 is 29.2 Å². The number of aromatic nitrogens is 1. The van der Waals surface area contributed by atoms with Crippen molar-refractivity contribution in [2.24, 2.45) is 11.8 Å². The molecule has 1 aliphatic carbocycles. The van der Waals surface area contributed by atoms with Crippen LogP contribution in [0.1, 0.15) is 48.7 Å². The third-order valence-electron chi connectivity index (χ3n) is 6.54. The van der Waals surface area contributed by atoms with Crippen LogP contribution in [0.15, 0.2) is 17.1 Å². The first-order valence-electron chi connectivity index (χ1n) is 11.2. The fourth-order valence-electron chi connectivity index (χ4n) is 4.80. The minimum absolute atomic E-state index is 0.0395. The van der Waals surface area contributed by atoms with Crippen LogP contribution in [0, 0.1) is 24.6 Å². The van der Waals surface area contributed by atoms with Crippen molar-refractivity contribution in [1.29, 1.82) is 0 Å². The highest BCUT2D eigenvalue weighted by molar-refractivity contribution is 5.95. The molecule has 182 valence electrons. The zero-order chi connectivity index (χ0) is 24.7. The van der Waals surface area contributed by atoms with Gasteiger partial charge in [0.25, 0.3) is 0 Å². The molecule has 0 spiro atoms. The maximum Gasteiger partial charge on any atom is 0.341 e. The molecule has 1 aromatic carbocycles. The van der Waals surface area contributed by atoms with Crippen LogP contribution in [0.4, 0.5) is 10.1 Å². The second-order valence-corrected chi connectivity index (χ2v) is 9.07. The number of esters is 2. The van der Waals surface area contributed by atoms with Gasteiger partial charge in [0.05, 0.1) is 24.4 Å². The molecular weight excluding hydrogens is 447 g/mol. The quantitative estimate of drug-likeness (QED) is 0.609. The summed E-state index contributed by atoms with van der Waals surface area (Å²) < 4.78 is 27.6. The second kappa shape index (κ2) is 9.08. The number of ether oxygens (including phenoxy) is 2. The van der Waals surface area contributed by atoms with Gasteiger partial charge >= 0.3 is 17.9 Å². The highest BCUT2D eigenvalue weighted by Crippen LogP contribution is 2.41. The van der Waals surface area contributed by atoms with Gasteiger partial charge in [-0.25, -0.2) is 9.18 Å². The summed E-state index contributed by atoms with van der Waals surface area (Å²) in [5.74, 6) is -3.20. The smallest absolute Gasteiger partial charge is 0.341 e. The first-order valence-corrected chi connectivity index (χ1v) is 11.2. The molecule has 0 bridgehead atoms. The van der Waals surface area contributed by atoms with Crippen molar-refractivity contribution >= 4 is 34.5 Å². The van der Waals surface area contributed by atoms with Crippen molar-refractivity contribution in [1.82, 2.24) is 4.57 Å². The van der Waals surface area contributed by atoms with E-state index in [1.807, 2.05) is 4.90 Å². The van der Waals surface area contributed by atoms with E-state index in [0.29, 0.717) is 29.9 Å². The van der Waals surface area contributed by atoms with Gasteiger partial charge in [-0.05, 0) is 31.4 Å². The van der Waals surface area contributed by atoms with Crippen LogP contribution in [-0.4, -0.2) is 53.9 Å². The van der Waals surface area contributed by atoms with Gasteiger partial charge in [-0.15, -0.1) is 0 Å². The molecule has 1 aliphatic heterocycles. The highest BCUT2D eigenvalue weighted by Gasteiger charge is 2.37. The van der Waals surface area contributed by atoms with E-state index in [-0.39, 0.29) is 42.0 Å². The number of pyridine rings is 1. The van der Waals surface area contributed by atoms with E-state index in [1.165, 1.54) is 20.0 Å². The molecule has 34 heavy (non-hydrogen) atoms. The molecule has 2 fully saturated rings. The highest BCUT2D eigenvalue weighted by atomic mass is 19.1. The molecule has 9 nitrogen and oxygen atoms in total. The predicted octanol–water partition coefficient (Wildman–Crippen LogP) is 2.66. The van der Waals surface area contributed by atoms with Gasteiger partial charge in [-0.3, -0.25) is 14.4 Å². The maximum absolute atomic E-state index is 15.5. The van der Waals surface area contributed by atoms with Crippen LogP contribution in [0.3, 0.4) is 0 Å². The van der Waals surface area contributed by atoms with E-state index in [1.54, 1.807) is 11.5 Å². The van der Waals surface area contributed by atoms with Gasteiger partial charge in [0.1, 0.15) is 11.4 Å². The number of halogens is 1. The largest absolute Gasteiger partial charge is 0.477 e. The van der Waals surface area contributed by atoms with Gasteiger partial charge < -0.3 is 24.0 Å². The number of carbonyl (C=O) groups is 3. The van der Waals surface area contributed by atoms with Crippen molar-refractivity contribution in [2.75, 3.05) is 31.2 Å². The summed E-state index contributed by atoms with van der Waals surface area (Å²) in [4.78, 5) is 48.9. The number of aryl methyl sites for hydroxylation is 1. The molecule has 10 heteroatoms. The fourth-order valence-corrected chi connectivity index (χ4v) is 4.80. The number of benzene rings is 1. The van der Waals surface area contributed by atoms with E-state index in [0.717, 1.165) is 18.9 Å². The Balaban J connectivity index is 1.78. The van der Waals surface area contributed by atoms with Crippen LogP contribution < -0.4 is 10.3 Å². The van der Waals surface area contributed by atoms with Crippen LogP contribution in [0.5, 0.6) is 0 Å². The van der Waals surface area contributed by atoms with E-state index in [2.05, 4.69) is 0 Å². The molecule has 0 amide bonds. The summed E-state index contributed by atoms with van der Waals surface area (Å²) in [7, 11) is 0. The molecular formula is C24H27FN2O7. The summed E-state index contributed by atoms with van der Waals surface area (Å²) in [5.41, 5.74) is 0.275. The normalized spacial score (nSPS) is 19.9. The number of carbonyl (C=O) groups excluding carboxylic acids is 2. The summed E-state index contributed by atoms with van der Waals surface area (Å²) in [6.07, 6.45) is 3.06. The SMILES string of the molecule is CC(=O)OC[C@@H]1CN(c2c(F)cc3c(=O)c(C(=O)O)cn(C4CC4)c3c2C)C[C@@H]1COC(C)=O. The Morgan fingerprint density at radius 2 is 1.65 bits per heavy atom. The number of carboxylic acid groups (broad SMARTS) is 1. The molecule has 2 heterocycles. The number of hydrogen-bond acceptors (Lipinski definition) is 7. The number of rotatable bonds is 7. The lowest BCUT2D eigenvalue weighted by molar-refractivity contribution is -0.146. The molecule has 1 aromatic heterocycles. The lowest BCUT2D eigenvalue weighted by atomic mass is 9.98. The number of aromatic carboxylic acids is 1. The summed E-state index contributed by atoms with van der Waals surface area (Å²) >= 11 is 0. The van der Waals surface area contributed by atoms with Crippen molar-refractivity contribution < 1.29 is 33.4 Å². The van der Waals surface area contributed by atoms with Gasteiger partial charge in [0.2, 0.25) is 5.43 Å². The first kappa shape index (κ1) is 23.7. The number of fused-ring (bicyclic) bond motifs is 1. The Labute approximate surface area is 195 Å². The van der Waals surface area contributed by atoms with Crippen molar-refractivity contribution in [3.63, 3.8) is 0 Å². The third kappa shape index (κ3) is 4.49. The van der Waals surface area contributed by atoms with Crippen molar-refractivity contribution in [3.8, 4) is 0 Å². The van der Waals surface area contributed by atoms with E-state index in [4.69, 9.17) is 9.47 Å². The lowest BCUT2D eigenvalue weighted by Crippen LogP contribution is -2.25. The Morgan fingerprint density at radius 1 is 1.09 bits per heavy atom. The Kier molecular flexibility index (Phi) is 6.33. The lowest BCUT2D eigenvalue weighted by Gasteiger charge is -2.24. The van der Waals surface area contributed by atoms with Crippen LogP contribution in [0.25, 0.3) is 10.9 Å². The summed E-state index contributed by atoms with van der Waals surface area (Å²) in [6, 6.07) is 1.18. The number of anilines is 1. The Morgan fingerprint density at radius 3 is 2.12 bits per heavy atom.